The van der Waals surface area contributed by atoms with Crippen LogP contribution in [0.15, 0.2) is 36.5 Å². The molecule has 4 heteroatoms. The van der Waals surface area contributed by atoms with Gasteiger partial charge in [0.25, 0.3) is 0 Å². The Hall–Kier alpha value is -1.81. The summed E-state index contributed by atoms with van der Waals surface area (Å²) in [5.74, 6) is 0.320. The predicted molar refractivity (Wildman–Crippen MR) is 76.0 cm³/mol. The summed E-state index contributed by atoms with van der Waals surface area (Å²) < 4.78 is 2.05. The number of nitrogens with zero attached hydrogens (tertiary/aromatic N) is 2. The van der Waals surface area contributed by atoms with E-state index in [0.29, 0.717) is 5.75 Å². The van der Waals surface area contributed by atoms with Gasteiger partial charge in [-0.05, 0) is 43.1 Å². The van der Waals surface area contributed by atoms with E-state index in [1.54, 1.807) is 12.1 Å². The first-order chi connectivity index (χ1) is 9.29. The minimum absolute atomic E-state index is 0.320. The molecule has 2 rings (SSSR count). The average molecular weight is 259 g/mol. The lowest BCUT2D eigenvalue weighted by molar-refractivity contribution is 0.475. The van der Waals surface area contributed by atoms with Crippen molar-refractivity contribution in [3.63, 3.8) is 0 Å². The number of phenolic OH excluding ortho intramolecular Hbond substituents is 1. The van der Waals surface area contributed by atoms with Crippen LogP contribution in [0, 0.1) is 0 Å². The van der Waals surface area contributed by atoms with Crippen LogP contribution < -0.4 is 5.32 Å². The maximum atomic E-state index is 9.21. The number of hydrogen-bond donors (Lipinski definition) is 2. The fourth-order valence-corrected chi connectivity index (χ4v) is 2.04. The maximum Gasteiger partial charge on any atom is 0.115 e. The molecule has 1 aromatic heterocycles. The van der Waals surface area contributed by atoms with Gasteiger partial charge in [-0.1, -0.05) is 19.1 Å². The van der Waals surface area contributed by atoms with E-state index in [4.69, 9.17) is 0 Å². The molecule has 2 aromatic rings. The lowest BCUT2D eigenvalue weighted by Crippen LogP contribution is -2.19. The molecule has 0 bridgehead atoms. The van der Waals surface area contributed by atoms with E-state index in [9.17, 15) is 5.11 Å². The Bertz CT molecular complexity index is 490. The molecule has 0 aliphatic carbocycles. The van der Waals surface area contributed by atoms with Gasteiger partial charge in [0.15, 0.2) is 0 Å². The Balaban J connectivity index is 1.74. The highest BCUT2D eigenvalue weighted by Gasteiger charge is 2.00. The van der Waals surface area contributed by atoms with Gasteiger partial charge in [-0.2, -0.15) is 5.10 Å². The fraction of sp³-hybridized carbons (Fsp3) is 0.400. The summed E-state index contributed by atoms with van der Waals surface area (Å²) in [6.45, 7) is 4.89. The molecule has 0 atom stereocenters. The molecule has 0 radical (unpaired) electrons. The van der Waals surface area contributed by atoms with E-state index in [0.717, 1.165) is 32.5 Å². The third-order valence-corrected chi connectivity index (χ3v) is 3.07. The number of rotatable bonds is 7. The van der Waals surface area contributed by atoms with Gasteiger partial charge in [-0.3, -0.25) is 4.68 Å². The molecule has 0 amide bonds. The SMILES string of the molecule is CCCn1nccc1CNCCc1ccc(O)cc1. The zero-order valence-electron chi connectivity index (χ0n) is 11.3. The molecular formula is C15H21N3O. The third-order valence-electron chi connectivity index (χ3n) is 3.07. The molecule has 0 saturated carbocycles. The predicted octanol–water partition coefficient (Wildman–Crippen LogP) is 2.33. The highest BCUT2D eigenvalue weighted by Crippen LogP contribution is 2.09. The highest BCUT2D eigenvalue weighted by atomic mass is 16.3. The van der Waals surface area contributed by atoms with Crippen LogP contribution in [0.25, 0.3) is 0 Å². The van der Waals surface area contributed by atoms with E-state index in [-0.39, 0.29) is 0 Å². The van der Waals surface area contributed by atoms with E-state index < -0.39 is 0 Å². The van der Waals surface area contributed by atoms with Crippen molar-refractivity contribution in [1.29, 1.82) is 0 Å². The Labute approximate surface area is 114 Å². The van der Waals surface area contributed by atoms with Crippen LogP contribution in [-0.4, -0.2) is 21.4 Å². The van der Waals surface area contributed by atoms with E-state index in [1.807, 2.05) is 23.0 Å². The van der Waals surface area contributed by atoms with Crippen LogP contribution >= 0.6 is 0 Å². The summed E-state index contributed by atoms with van der Waals surface area (Å²) in [4.78, 5) is 0. The molecule has 0 unspecified atom stereocenters. The standard InChI is InChI=1S/C15H21N3O/c1-2-11-18-14(8-10-17-18)12-16-9-7-13-3-5-15(19)6-4-13/h3-6,8,10,16,19H,2,7,9,11-12H2,1H3. The molecule has 0 aliphatic heterocycles. The highest BCUT2D eigenvalue weighted by molar-refractivity contribution is 5.25. The van der Waals surface area contributed by atoms with Gasteiger partial charge in [-0.25, -0.2) is 0 Å². The van der Waals surface area contributed by atoms with Crippen molar-refractivity contribution >= 4 is 0 Å². The molecule has 0 saturated heterocycles. The molecule has 1 heterocycles. The smallest absolute Gasteiger partial charge is 0.115 e. The first kappa shape index (κ1) is 13.6. The Morgan fingerprint density at radius 3 is 2.74 bits per heavy atom. The molecule has 102 valence electrons. The molecule has 0 fully saturated rings. The van der Waals surface area contributed by atoms with Gasteiger partial charge >= 0.3 is 0 Å². The Kier molecular flexibility index (Phi) is 4.98. The molecular weight excluding hydrogens is 238 g/mol. The van der Waals surface area contributed by atoms with Gasteiger partial charge in [0.1, 0.15) is 5.75 Å². The first-order valence-corrected chi connectivity index (χ1v) is 6.79. The van der Waals surface area contributed by atoms with E-state index in [1.165, 1.54) is 11.3 Å². The number of phenols is 1. The van der Waals surface area contributed by atoms with E-state index in [2.05, 4.69) is 23.4 Å². The average Bonchev–Trinajstić information content (AvgIpc) is 2.85. The fourth-order valence-electron chi connectivity index (χ4n) is 2.04. The van der Waals surface area contributed by atoms with Crippen molar-refractivity contribution in [3.8, 4) is 5.75 Å². The zero-order chi connectivity index (χ0) is 13.5. The van der Waals surface area contributed by atoms with Crippen molar-refractivity contribution in [3.05, 3.63) is 47.8 Å². The first-order valence-electron chi connectivity index (χ1n) is 6.79. The van der Waals surface area contributed by atoms with Crippen molar-refractivity contribution < 1.29 is 5.11 Å². The molecule has 19 heavy (non-hydrogen) atoms. The number of hydrogen-bond acceptors (Lipinski definition) is 3. The second-order valence-electron chi connectivity index (χ2n) is 4.64. The van der Waals surface area contributed by atoms with Crippen molar-refractivity contribution in [1.82, 2.24) is 15.1 Å². The maximum absolute atomic E-state index is 9.21. The quantitative estimate of drug-likeness (QED) is 0.750. The van der Waals surface area contributed by atoms with Gasteiger partial charge in [-0.15, -0.1) is 0 Å². The van der Waals surface area contributed by atoms with Gasteiger partial charge in [0, 0.05) is 19.3 Å². The van der Waals surface area contributed by atoms with E-state index >= 15 is 0 Å². The van der Waals surface area contributed by atoms with Crippen LogP contribution in [0.1, 0.15) is 24.6 Å². The van der Waals surface area contributed by atoms with Crippen LogP contribution in [0.2, 0.25) is 0 Å². The molecule has 1 aromatic carbocycles. The van der Waals surface area contributed by atoms with Gasteiger partial charge in [0.2, 0.25) is 0 Å². The van der Waals surface area contributed by atoms with Crippen molar-refractivity contribution in [2.24, 2.45) is 0 Å². The normalized spacial score (nSPS) is 10.8. The number of aromatic nitrogens is 2. The summed E-state index contributed by atoms with van der Waals surface area (Å²) in [5, 5.41) is 16.9. The monoisotopic (exact) mass is 259 g/mol. The van der Waals surface area contributed by atoms with Crippen molar-refractivity contribution in [2.75, 3.05) is 6.54 Å². The third kappa shape index (κ3) is 4.10. The van der Waals surface area contributed by atoms with Crippen molar-refractivity contribution in [2.45, 2.75) is 32.9 Å². The summed E-state index contributed by atoms with van der Waals surface area (Å²) in [7, 11) is 0. The lowest BCUT2D eigenvalue weighted by atomic mass is 10.1. The minimum atomic E-state index is 0.320. The second kappa shape index (κ2) is 6.95. The summed E-state index contributed by atoms with van der Waals surface area (Å²) in [5.41, 5.74) is 2.46. The van der Waals surface area contributed by atoms with Crippen LogP contribution in [0.5, 0.6) is 5.75 Å². The lowest BCUT2D eigenvalue weighted by Gasteiger charge is -2.08. The minimum Gasteiger partial charge on any atom is -0.508 e. The number of aromatic hydroxyl groups is 1. The summed E-state index contributed by atoms with van der Waals surface area (Å²) in [6.07, 6.45) is 3.91. The Morgan fingerprint density at radius 2 is 2.00 bits per heavy atom. The van der Waals surface area contributed by atoms with Crippen LogP contribution in [-0.2, 0) is 19.5 Å². The second-order valence-corrected chi connectivity index (χ2v) is 4.64. The summed E-state index contributed by atoms with van der Waals surface area (Å²) in [6, 6.07) is 9.43. The Morgan fingerprint density at radius 1 is 1.21 bits per heavy atom. The number of nitrogens with one attached hydrogen (secondary N) is 1. The summed E-state index contributed by atoms with van der Waals surface area (Å²) >= 11 is 0. The van der Waals surface area contributed by atoms with Gasteiger partial charge in [0.05, 0.1) is 5.69 Å². The molecule has 4 nitrogen and oxygen atoms in total. The number of aryl methyl sites for hydroxylation is 1. The largest absolute Gasteiger partial charge is 0.508 e. The van der Waals surface area contributed by atoms with Gasteiger partial charge < -0.3 is 10.4 Å². The molecule has 0 aliphatic rings. The van der Waals surface area contributed by atoms with Crippen LogP contribution in [0.3, 0.4) is 0 Å². The zero-order valence-corrected chi connectivity index (χ0v) is 11.3. The molecule has 2 N–H and O–H groups in total. The van der Waals surface area contributed by atoms with Crippen LogP contribution in [0.4, 0.5) is 0 Å². The topological polar surface area (TPSA) is 50.1 Å². The molecule has 0 spiro atoms. The number of benzene rings is 1.